The van der Waals surface area contributed by atoms with E-state index in [-0.39, 0.29) is 0 Å². The van der Waals surface area contributed by atoms with Crippen LogP contribution in [0.4, 0.5) is 0 Å². The standard InChI is InChI=1S/C30H24SSi2/c1-32(25-15-7-3-11-21(25)22-12-4-8-16-26(22)32)29-19-20-30(31-29)33(2)27-17-9-5-13-23(27)24-14-6-10-18-28(24)33/h3-20H,1-2H3. The van der Waals surface area contributed by atoms with Crippen LogP contribution in [-0.2, 0) is 0 Å². The molecule has 0 saturated heterocycles. The molecule has 0 aliphatic carbocycles. The van der Waals surface area contributed by atoms with Crippen molar-refractivity contribution in [1.29, 1.82) is 0 Å². The minimum Gasteiger partial charge on any atom is -0.153 e. The van der Waals surface area contributed by atoms with Crippen LogP contribution in [0, 0.1) is 0 Å². The Kier molecular flexibility index (Phi) is 3.99. The maximum atomic E-state index is 2.56. The summed E-state index contributed by atoms with van der Waals surface area (Å²) in [7, 11) is -4.02. The van der Waals surface area contributed by atoms with E-state index in [0.717, 1.165) is 0 Å². The van der Waals surface area contributed by atoms with Crippen molar-refractivity contribution in [2.24, 2.45) is 0 Å². The Morgan fingerprint density at radius 2 is 0.667 bits per heavy atom. The van der Waals surface area contributed by atoms with Crippen LogP contribution in [0.15, 0.2) is 109 Å². The molecule has 158 valence electrons. The van der Waals surface area contributed by atoms with Crippen molar-refractivity contribution < 1.29 is 0 Å². The zero-order valence-corrected chi connectivity index (χ0v) is 21.6. The molecule has 0 nitrogen and oxygen atoms in total. The molecule has 0 spiro atoms. The minimum absolute atomic E-state index is 1.44. The number of hydrogen-bond acceptors (Lipinski definition) is 1. The molecule has 0 N–H and O–H groups in total. The lowest BCUT2D eigenvalue weighted by atomic mass is 10.1. The summed E-state index contributed by atoms with van der Waals surface area (Å²) in [5.41, 5.74) is 5.77. The molecule has 0 radical (unpaired) electrons. The summed E-state index contributed by atoms with van der Waals surface area (Å²) in [6.45, 7) is 5.13. The molecule has 3 heterocycles. The van der Waals surface area contributed by atoms with E-state index in [4.69, 9.17) is 0 Å². The monoisotopic (exact) mass is 472 g/mol. The first-order chi connectivity index (χ1) is 16.1. The van der Waals surface area contributed by atoms with Crippen LogP contribution >= 0.6 is 11.3 Å². The highest BCUT2D eigenvalue weighted by Crippen LogP contribution is 2.31. The largest absolute Gasteiger partial charge is 0.158 e. The molecule has 0 amide bonds. The second-order valence-electron chi connectivity index (χ2n) is 9.60. The normalized spacial score (nSPS) is 16.1. The summed E-state index contributed by atoms with van der Waals surface area (Å²) in [6, 6.07) is 41.5. The van der Waals surface area contributed by atoms with Gasteiger partial charge in [0.2, 0.25) is 0 Å². The molecular weight excluding hydrogens is 449 g/mol. The molecule has 5 aromatic rings. The average Bonchev–Trinajstić information content (AvgIpc) is 3.54. The Morgan fingerprint density at radius 3 is 0.970 bits per heavy atom. The Balaban J connectivity index is 1.46. The van der Waals surface area contributed by atoms with E-state index < -0.39 is 16.1 Å². The van der Waals surface area contributed by atoms with E-state index in [1.54, 1.807) is 29.7 Å². The zero-order valence-electron chi connectivity index (χ0n) is 18.8. The third-order valence-electron chi connectivity index (χ3n) is 8.03. The van der Waals surface area contributed by atoms with Crippen LogP contribution in [-0.4, -0.2) is 16.1 Å². The molecule has 7 rings (SSSR count). The molecule has 1 aromatic heterocycles. The molecule has 0 unspecified atom stereocenters. The highest BCUT2D eigenvalue weighted by molar-refractivity contribution is 7.42. The number of thiophene rings is 1. The summed E-state index contributed by atoms with van der Waals surface area (Å²) in [5.74, 6) is 0. The Labute approximate surface area is 201 Å². The third-order valence-corrected chi connectivity index (χ3v) is 20.2. The highest BCUT2D eigenvalue weighted by atomic mass is 32.1. The van der Waals surface area contributed by atoms with Gasteiger partial charge < -0.3 is 0 Å². The van der Waals surface area contributed by atoms with Crippen LogP contribution in [0.3, 0.4) is 0 Å². The van der Waals surface area contributed by atoms with E-state index >= 15 is 0 Å². The van der Waals surface area contributed by atoms with Gasteiger partial charge in [-0.15, -0.1) is 0 Å². The molecule has 33 heavy (non-hydrogen) atoms. The van der Waals surface area contributed by atoms with E-state index in [1.165, 1.54) is 22.3 Å². The van der Waals surface area contributed by atoms with E-state index in [9.17, 15) is 0 Å². The van der Waals surface area contributed by atoms with Crippen LogP contribution < -0.4 is 29.7 Å². The number of fused-ring (bicyclic) bond motifs is 6. The lowest BCUT2D eigenvalue weighted by molar-refractivity contribution is 1.71. The fraction of sp³-hybridized carbons (Fsp3) is 0.0667. The number of hydrogen-bond donors (Lipinski definition) is 0. The topological polar surface area (TPSA) is 0 Å². The van der Waals surface area contributed by atoms with E-state index in [0.29, 0.717) is 0 Å². The SMILES string of the molecule is C[Si]1(c2ccc([Si]3(C)c4ccccc4-c4ccccc43)s2)c2ccccc2-c2ccccc21. The number of benzene rings is 4. The van der Waals surface area contributed by atoms with E-state index in [2.05, 4.69) is 134 Å². The van der Waals surface area contributed by atoms with Crippen molar-refractivity contribution in [3.63, 3.8) is 0 Å². The quantitative estimate of drug-likeness (QED) is 0.342. The molecule has 2 aliphatic heterocycles. The van der Waals surface area contributed by atoms with Crippen molar-refractivity contribution in [3.05, 3.63) is 109 Å². The lowest BCUT2D eigenvalue weighted by Gasteiger charge is -2.25. The zero-order chi connectivity index (χ0) is 22.2. The maximum Gasteiger partial charge on any atom is 0.158 e. The van der Waals surface area contributed by atoms with E-state index in [1.807, 2.05) is 0 Å². The van der Waals surface area contributed by atoms with Gasteiger partial charge in [0.05, 0.1) is 0 Å². The third kappa shape index (κ3) is 2.40. The highest BCUT2D eigenvalue weighted by Gasteiger charge is 2.47. The van der Waals surface area contributed by atoms with Gasteiger partial charge >= 0.3 is 0 Å². The van der Waals surface area contributed by atoms with Gasteiger partial charge in [0, 0.05) is 9.00 Å². The minimum atomic E-state index is -2.01. The first-order valence-corrected chi connectivity index (χ1v) is 17.4. The van der Waals surface area contributed by atoms with Gasteiger partial charge in [-0.25, -0.2) is 0 Å². The van der Waals surface area contributed by atoms with Crippen molar-refractivity contribution in [3.8, 4) is 22.3 Å². The summed E-state index contributed by atoms with van der Waals surface area (Å²) in [4.78, 5) is 0. The second kappa shape index (κ2) is 6.77. The van der Waals surface area contributed by atoms with Gasteiger partial charge in [-0.05, 0) is 43.0 Å². The molecule has 0 bridgehead atoms. The van der Waals surface area contributed by atoms with Crippen LogP contribution in [0.25, 0.3) is 22.3 Å². The maximum absolute atomic E-state index is 2.56. The van der Waals surface area contributed by atoms with Crippen LogP contribution in [0.2, 0.25) is 13.1 Å². The molecular formula is C30H24SSi2. The predicted octanol–water partition coefficient (Wildman–Crippen LogP) is 3.91. The van der Waals surface area contributed by atoms with Crippen LogP contribution in [0.1, 0.15) is 0 Å². The van der Waals surface area contributed by atoms with Gasteiger partial charge in [-0.2, -0.15) is 11.3 Å². The fourth-order valence-electron chi connectivity index (χ4n) is 6.31. The smallest absolute Gasteiger partial charge is 0.153 e. The Hall–Kier alpha value is -2.99. The molecule has 4 aromatic carbocycles. The molecule has 0 fully saturated rings. The second-order valence-corrected chi connectivity index (χ2v) is 19.1. The molecule has 3 heteroatoms. The molecule has 0 atom stereocenters. The Bertz CT molecular complexity index is 1350. The van der Waals surface area contributed by atoms with Crippen molar-refractivity contribution in [2.75, 3.05) is 0 Å². The van der Waals surface area contributed by atoms with Crippen molar-refractivity contribution in [2.45, 2.75) is 13.1 Å². The number of rotatable bonds is 2. The first kappa shape index (κ1) is 19.5. The summed E-state index contributed by atoms with van der Waals surface area (Å²) in [6.07, 6.45) is 0. The Morgan fingerprint density at radius 1 is 0.394 bits per heavy atom. The van der Waals surface area contributed by atoms with Gasteiger partial charge in [0.15, 0.2) is 16.1 Å². The van der Waals surface area contributed by atoms with Gasteiger partial charge in [0.25, 0.3) is 0 Å². The predicted molar refractivity (Wildman–Crippen MR) is 149 cm³/mol. The van der Waals surface area contributed by atoms with Gasteiger partial charge in [-0.3, -0.25) is 0 Å². The van der Waals surface area contributed by atoms with Crippen LogP contribution in [0.5, 0.6) is 0 Å². The molecule has 0 saturated carbocycles. The fourth-order valence-corrected chi connectivity index (χ4v) is 18.0. The first-order valence-electron chi connectivity index (χ1n) is 11.6. The summed E-state index contributed by atoms with van der Waals surface area (Å²) < 4.78 is 3.18. The van der Waals surface area contributed by atoms with Gasteiger partial charge in [0.1, 0.15) is 0 Å². The van der Waals surface area contributed by atoms with Crippen molar-refractivity contribution >= 4 is 57.2 Å². The summed E-state index contributed by atoms with van der Waals surface area (Å²) in [5, 5.41) is 6.27. The van der Waals surface area contributed by atoms with Gasteiger partial charge in [-0.1, -0.05) is 122 Å². The summed E-state index contributed by atoms with van der Waals surface area (Å²) >= 11 is 2.10. The lowest BCUT2D eigenvalue weighted by Crippen LogP contribution is -2.63. The molecule has 2 aliphatic rings. The van der Waals surface area contributed by atoms with Crippen molar-refractivity contribution in [1.82, 2.24) is 0 Å². The average molecular weight is 473 g/mol.